The van der Waals surface area contributed by atoms with E-state index < -0.39 is 17.6 Å². The molecule has 0 fully saturated rings. The third-order valence-electron chi connectivity index (χ3n) is 2.63. The summed E-state index contributed by atoms with van der Waals surface area (Å²) in [7, 11) is 0. The zero-order valence-electron chi connectivity index (χ0n) is 9.63. The Bertz CT molecular complexity index is 648. The summed E-state index contributed by atoms with van der Waals surface area (Å²) in [4.78, 5) is 0. The van der Waals surface area contributed by atoms with Gasteiger partial charge in [0, 0.05) is 5.56 Å². The number of halogens is 4. The van der Waals surface area contributed by atoms with Gasteiger partial charge in [0.2, 0.25) is 0 Å². The van der Waals surface area contributed by atoms with Crippen LogP contribution in [0.2, 0.25) is 0 Å². The third kappa shape index (κ3) is 2.76. The fourth-order valence-corrected chi connectivity index (χ4v) is 1.78. The van der Waals surface area contributed by atoms with Crippen LogP contribution >= 0.6 is 0 Å². The van der Waals surface area contributed by atoms with E-state index in [1.54, 1.807) is 0 Å². The normalized spacial score (nSPS) is 11.1. The fraction of sp³-hybridized carbons (Fsp3) is 0.0667. The minimum atomic E-state index is -4.52. The van der Waals surface area contributed by atoms with Gasteiger partial charge in [-0.25, -0.2) is 4.39 Å². The SMILES string of the molecule is C#Cc1ccc(C(F)(F)F)c(-c2cccc(F)c2)c1. The molecule has 19 heavy (non-hydrogen) atoms. The first kappa shape index (κ1) is 13.2. The van der Waals surface area contributed by atoms with Gasteiger partial charge in [-0.15, -0.1) is 6.42 Å². The second kappa shape index (κ2) is 4.77. The highest BCUT2D eigenvalue weighted by molar-refractivity contribution is 5.70. The number of alkyl halides is 3. The summed E-state index contributed by atoms with van der Waals surface area (Å²) in [6, 6.07) is 8.34. The maximum Gasteiger partial charge on any atom is 0.417 e. The van der Waals surface area contributed by atoms with Crippen LogP contribution in [-0.2, 0) is 6.18 Å². The first-order valence-corrected chi connectivity index (χ1v) is 5.35. The molecule has 0 N–H and O–H groups in total. The Morgan fingerprint density at radius 3 is 2.32 bits per heavy atom. The zero-order chi connectivity index (χ0) is 14.0. The molecule has 0 saturated heterocycles. The van der Waals surface area contributed by atoms with Gasteiger partial charge < -0.3 is 0 Å². The van der Waals surface area contributed by atoms with Crippen molar-refractivity contribution in [2.75, 3.05) is 0 Å². The lowest BCUT2D eigenvalue weighted by molar-refractivity contribution is -0.137. The molecular formula is C15H8F4. The highest BCUT2D eigenvalue weighted by Crippen LogP contribution is 2.37. The topological polar surface area (TPSA) is 0 Å². The molecule has 0 aliphatic heterocycles. The molecule has 0 spiro atoms. The van der Waals surface area contributed by atoms with Crippen molar-refractivity contribution in [1.82, 2.24) is 0 Å². The van der Waals surface area contributed by atoms with Gasteiger partial charge in [0.15, 0.2) is 0 Å². The Morgan fingerprint density at radius 1 is 1.00 bits per heavy atom. The number of hydrogen-bond donors (Lipinski definition) is 0. The summed E-state index contributed by atoms with van der Waals surface area (Å²) in [6.45, 7) is 0. The van der Waals surface area contributed by atoms with Gasteiger partial charge in [-0.2, -0.15) is 13.2 Å². The van der Waals surface area contributed by atoms with E-state index >= 15 is 0 Å². The van der Waals surface area contributed by atoms with E-state index in [0.29, 0.717) is 5.56 Å². The zero-order valence-corrected chi connectivity index (χ0v) is 9.63. The van der Waals surface area contributed by atoms with Crippen molar-refractivity contribution < 1.29 is 17.6 Å². The minimum absolute atomic E-state index is 0.123. The smallest absolute Gasteiger partial charge is 0.207 e. The van der Waals surface area contributed by atoms with Crippen LogP contribution in [0.1, 0.15) is 11.1 Å². The molecule has 0 unspecified atom stereocenters. The van der Waals surface area contributed by atoms with Crippen LogP contribution in [0.3, 0.4) is 0 Å². The van der Waals surface area contributed by atoms with E-state index in [0.717, 1.165) is 12.1 Å². The molecular weight excluding hydrogens is 256 g/mol. The third-order valence-corrected chi connectivity index (χ3v) is 2.63. The summed E-state index contributed by atoms with van der Waals surface area (Å²) < 4.78 is 51.9. The Morgan fingerprint density at radius 2 is 1.74 bits per heavy atom. The van der Waals surface area contributed by atoms with Gasteiger partial charge in [0.05, 0.1) is 5.56 Å². The molecule has 0 nitrogen and oxygen atoms in total. The van der Waals surface area contributed by atoms with Crippen molar-refractivity contribution >= 4 is 0 Å². The summed E-state index contributed by atoms with van der Waals surface area (Å²) in [5, 5.41) is 0. The van der Waals surface area contributed by atoms with Crippen molar-refractivity contribution in [2.45, 2.75) is 6.18 Å². The van der Waals surface area contributed by atoms with Gasteiger partial charge in [-0.05, 0) is 41.5 Å². The second-order valence-corrected chi connectivity index (χ2v) is 3.91. The molecule has 2 aromatic carbocycles. The molecule has 0 aliphatic rings. The standard InChI is InChI=1S/C15H8F4/c1-2-10-6-7-14(15(17,18)19)13(8-10)11-4-3-5-12(16)9-11/h1,3-9H. The average Bonchev–Trinajstić information content (AvgIpc) is 2.37. The fourth-order valence-electron chi connectivity index (χ4n) is 1.78. The lowest BCUT2D eigenvalue weighted by Crippen LogP contribution is -2.07. The van der Waals surface area contributed by atoms with Crippen LogP contribution in [0, 0.1) is 18.2 Å². The molecule has 0 aromatic heterocycles. The first-order valence-electron chi connectivity index (χ1n) is 5.35. The number of hydrogen-bond acceptors (Lipinski definition) is 0. The van der Waals surface area contributed by atoms with Crippen LogP contribution in [0.4, 0.5) is 17.6 Å². The maximum atomic E-state index is 13.1. The highest BCUT2D eigenvalue weighted by atomic mass is 19.4. The Hall–Kier alpha value is -2.28. The first-order chi connectivity index (χ1) is 8.91. The molecule has 0 bridgehead atoms. The predicted octanol–water partition coefficient (Wildman–Crippen LogP) is 4.49. The van der Waals surface area contributed by atoms with E-state index in [9.17, 15) is 17.6 Å². The van der Waals surface area contributed by atoms with Crippen molar-refractivity contribution in [3.05, 3.63) is 59.4 Å². The number of benzene rings is 2. The molecule has 2 aromatic rings. The van der Waals surface area contributed by atoms with Crippen LogP contribution in [0.5, 0.6) is 0 Å². The second-order valence-electron chi connectivity index (χ2n) is 3.91. The molecule has 0 radical (unpaired) electrons. The lowest BCUT2D eigenvalue weighted by Gasteiger charge is -2.13. The van der Waals surface area contributed by atoms with Gasteiger partial charge >= 0.3 is 6.18 Å². The quantitative estimate of drug-likeness (QED) is 0.525. The van der Waals surface area contributed by atoms with Crippen molar-refractivity contribution in [1.29, 1.82) is 0 Å². The largest absolute Gasteiger partial charge is 0.417 e. The average molecular weight is 264 g/mol. The van der Waals surface area contributed by atoms with Crippen molar-refractivity contribution in [3.63, 3.8) is 0 Å². The van der Waals surface area contributed by atoms with Crippen LogP contribution in [-0.4, -0.2) is 0 Å². The van der Waals surface area contributed by atoms with E-state index in [-0.39, 0.29) is 11.1 Å². The Balaban J connectivity index is 2.69. The summed E-state index contributed by atoms with van der Waals surface area (Å²) in [5.74, 6) is 1.67. The van der Waals surface area contributed by atoms with Gasteiger partial charge in [-0.3, -0.25) is 0 Å². The molecule has 0 heterocycles. The van der Waals surface area contributed by atoms with Crippen LogP contribution in [0.15, 0.2) is 42.5 Å². The van der Waals surface area contributed by atoms with E-state index in [4.69, 9.17) is 6.42 Å². The van der Waals surface area contributed by atoms with Crippen LogP contribution in [0.25, 0.3) is 11.1 Å². The molecule has 96 valence electrons. The van der Waals surface area contributed by atoms with E-state index in [2.05, 4.69) is 5.92 Å². The van der Waals surface area contributed by atoms with Gasteiger partial charge in [0.25, 0.3) is 0 Å². The van der Waals surface area contributed by atoms with Crippen molar-refractivity contribution in [3.8, 4) is 23.5 Å². The molecule has 0 amide bonds. The Labute approximate surface area is 107 Å². The Kier molecular flexibility index (Phi) is 3.30. The van der Waals surface area contributed by atoms with Crippen molar-refractivity contribution in [2.24, 2.45) is 0 Å². The molecule has 0 aliphatic carbocycles. The summed E-state index contributed by atoms with van der Waals surface area (Å²) >= 11 is 0. The molecule has 0 saturated carbocycles. The minimum Gasteiger partial charge on any atom is -0.207 e. The maximum absolute atomic E-state index is 13.1. The molecule has 2 rings (SSSR count). The highest BCUT2D eigenvalue weighted by Gasteiger charge is 2.33. The predicted molar refractivity (Wildman–Crippen MR) is 64.8 cm³/mol. The monoisotopic (exact) mass is 264 g/mol. The molecule has 0 atom stereocenters. The summed E-state index contributed by atoms with van der Waals surface area (Å²) in [5.41, 5.74) is -0.503. The van der Waals surface area contributed by atoms with Gasteiger partial charge in [-0.1, -0.05) is 18.1 Å². The van der Waals surface area contributed by atoms with E-state index in [1.807, 2.05) is 0 Å². The van der Waals surface area contributed by atoms with Crippen LogP contribution < -0.4 is 0 Å². The number of rotatable bonds is 1. The lowest BCUT2D eigenvalue weighted by atomic mass is 9.97. The van der Waals surface area contributed by atoms with Gasteiger partial charge in [0.1, 0.15) is 5.82 Å². The number of terminal acetylenes is 1. The summed E-state index contributed by atoms with van der Waals surface area (Å²) in [6.07, 6.45) is 0.661. The van der Waals surface area contributed by atoms with E-state index in [1.165, 1.54) is 30.3 Å². The molecule has 4 heteroatoms.